The number of carbonyl (C=O) groups excluding carboxylic acids is 1. The molecule has 0 saturated heterocycles. The Kier molecular flexibility index (Phi) is 8.46. The molecule has 1 aliphatic rings. The smallest absolute Gasteiger partial charge is 0.338 e. The third kappa shape index (κ3) is 5.17. The van der Waals surface area contributed by atoms with Crippen molar-refractivity contribution in [1.29, 1.82) is 0 Å². The van der Waals surface area contributed by atoms with E-state index < -0.39 is 12.0 Å². The highest BCUT2D eigenvalue weighted by molar-refractivity contribution is 14.1. The number of benzene rings is 2. The van der Waals surface area contributed by atoms with Gasteiger partial charge in [-0.15, -0.1) is 0 Å². The Morgan fingerprint density at radius 1 is 1.16 bits per heavy atom. The molecule has 1 aromatic heterocycles. The highest BCUT2D eigenvalue weighted by Gasteiger charge is 2.35. The van der Waals surface area contributed by atoms with Crippen LogP contribution < -0.4 is 29.1 Å². The number of nitrogens with zero attached hydrogens (tertiary/aromatic N) is 2. The number of methoxy groups -OCH3 is 2. The van der Waals surface area contributed by atoms with Gasteiger partial charge in [-0.25, -0.2) is 9.79 Å². The van der Waals surface area contributed by atoms with Crippen molar-refractivity contribution in [2.75, 3.05) is 27.4 Å². The van der Waals surface area contributed by atoms with E-state index in [-0.39, 0.29) is 23.5 Å². The number of ether oxygens (including phenoxy) is 4. The summed E-state index contributed by atoms with van der Waals surface area (Å²) in [6.45, 7) is 5.82. The lowest BCUT2D eigenvalue weighted by Gasteiger charge is -2.26. The Labute approximate surface area is 236 Å². The van der Waals surface area contributed by atoms with E-state index >= 15 is 0 Å². The Morgan fingerprint density at radius 3 is 2.58 bits per heavy atom. The van der Waals surface area contributed by atoms with E-state index in [1.807, 2.05) is 29.5 Å². The van der Waals surface area contributed by atoms with Gasteiger partial charge in [0.1, 0.15) is 17.5 Å². The molecule has 4 rings (SSSR count). The van der Waals surface area contributed by atoms with E-state index in [1.54, 1.807) is 57.4 Å². The SMILES string of the molecule is CCOC(=O)C1=C(C)N=c2s/c(=C\c3cc(I)c(O)c(OCC)c3)c(=O)n2C1c1cc(OC)ccc1OC. The average Bonchev–Trinajstić information content (AvgIpc) is 3.20. The molecule has 38 heavy (non-hydrogen) atoms. The lowest BCUT2D eigenvalue weighted by Crippen LogP contribution is -2.40. The number of esters is 1. The molecule has 2 aromatic carbocycles. The molecule has 2 heterocycles. The van der Waals surface area contributed by atoms with Crippen molar-refractivity contribution in [3.05, 3.63) is 76.0 Å². The number of hydrogen-bond acceptors (Lipinski definition) is 9. The van der Waals surface area contributed by atoms with Crippen LogP contribution in [0.3, 0.4) is 0 Å². The third-order valence-corrected chi connectivity index (χ3v) is 7.70. The normalized spacial score (nSPS) is 15.1. The van der Waals surface area contributed by atoms with Crippen molar-refractivity contribution < 1.29 is 28.8 Å². The highest BCUT2D eigenvalue weighted by Crippen LogP contribution is 2.38. The van der Waals surface area contributed by atoms with Crippen LogP contribution in [-0.2, 0) is 9.53 Å². The third-order valence-electron chi connectivity index (χ3n) is 5.90. The van der Waals surface area contributed by atoms with E-state index in [9.17, 15) is 14.7 Å². The number of carbonyl (C=O) groups is 1. The minimum absolute atomic E-state index is 0.0471. The van der Waals surface area contributed by atoms with Crippen LogP contribution in [0.4, 0.5) is 0 Å². The van der Waals surface area contributed by atoms with Crippen LogP contribution in [0.5, 0.6) is 23.0 Å². The van der Waals surface area contributed by atoms with Gasteiger partial charge in [-0.3, -0.25) is 9.36 Å². The fourth-order valence-electron chi connectivity index (χ4n) is 4.23. The molecular weight excluding hydrogens is 623 g/mol. The molecule has 0 fully saturated rings. The zero-order chi connectivity index (χ0) is 27.6. The first-order valence-electron chi connectivity index (χ1n) is 11.8. The summed E-state index contributed by atoms with van der Waals surface area (Å²) in [7, 11) is 3.07. The standard InChI is InChI=1S/C27H27IN2O7S/c1-6-36-20-11-15(10-18(28)24(20)31)12-21-25(32)30-23(17-13-16(34-4)8-9-19(17)35-5)22(26(33)37-7-2)14(3)29-27(30)38-21/h8-13,23,31H,6-7H2,1-5H3/b21-12-. The number of fused-ring (bicyclic) bond motifs is 1. The Hall–Kier alpha value is -3.32. The first-order valence-corrected chi connectivity index (χ1v) is 13.7. The minimum Gasteiger partial charge on any atom is -0.504 e. The van der Waals surface area contributed by atoms with Gasteiger partial charge in [-0.2, -0.15) is 0 Å². The van der Waals surface area contributed by atoms with Crippen molar-refractivity contribution in [2.45, 2.75) is 26.8 Å². The number of hydrogen-bond donors (Lipinski definition) is 1. The summed E-state index contributed by atoms with van der Waals surface area (Å²) in [5.41, 5.74) is 1.60. The van der Waals surface area contributed by atoms with Gasteiger partial charge in [0.2, 0.25) is 0 Å². The Morgan fingerprint density at radius 2 is 1.92 bits per heavy atom. The molecule has 1 unspecified atom stereocenters. The van der Waals surface area contributed by atoms with Gasteiger partial charge in [-0.05, 0) is 85.3 Å². The number of halogens is 1. The van der Waals surface area contributed by atoms with E-state index in [4.69, 9.17) is 18.9 Å². The summed E-state index contributed by atoms with van der Waals surface area (Å²) in [6, 6.07) is 7.81. The number of thiazole rings is 1. The average molecular weight is 650 g/mol. The number of allylic oxidation sites excluding steroid dienone is 1. The largest absolute Gasteiger partial charge is 0.504 e. The summed E-state index contributed by atoms with van der Waals surface area (Å²) < 4.78 is 24.4. The van der Waals surface area contributed by atoms with Gasteiger partial charge < -0.3 is 24.1 Å². The van der Waals surface area contributed by atoms with Crippen molar-refractivity contribution in [3.8, 4) is 23.0 Å². The van der Waals surface area contributed by atoms with Crippen LogP contribution in [0.1, 0.15) is 37.9 Å². The zero-order valence-corrected chi connectivity index (χ0v) is 24.5. The van der Waals surface area contributed by atoms with Crippen molar-refractivity contribution in [2.24, 2.45) is 4.99 Å². The maximum absolute atomic E-state index is 13.9. The maximum Gasteiger partial charge on any atom is 0.338 e. The van der Waals surface area contributed by atoms with Gasteiger partial charge in [0.05, 0.1) is 46.8 Å². The summed E-state index contributed by atoms with van der Waals surface area (Å²) in [6.07, 6.45) is 1.72. The highest BCUT2D eigenvalue weighted by atomic mass is 127. The Balaban J connectivity index is 2.00. The van der Waals surface area contributed by atoms with Crippen LogP contribution >= 0.6 is 33.9 Å². The van der Waals surface area contributed by atoms with Gasteiger partial charge >= 0.3 is 5.97 Å². The summed E-state index contributed by atoms with van der Waals surface area (Å²) in [4.78, 5) is 32.1. The minimum atomic E-state index is -0.851. The maximum atomic E-state index is 13.9. The molecule has 0 aliphatic carbocycles. The molecule has 0 amide bonds. The van der Waals surface area contributed by atoms with E-state index in [0.717, 1.165) is 0 Å². The quantitative estimate of drug-likeness (QED) is 0.294. The topological polar surface area (TPSA) is 109 Å². The number of phenolic OH excluding ortho intramolecular Hbond substituents is 1. The number of aromatic nitrogens is 1. The van der Waals surface area contributed by atoms with Gasteiger partial charge in [0.25, 0.3) is 5.56 Å². The number of phenols is 1. The van der Waals surface area contributed by atoms with Crippen molar-refractivity contribution in [1.82, 2.24) is 4.57 Å². The molecule has 0 radical (unpaired) electrons. The predicted molar refractivity (Wildman–Crippen MR) is 152 cm³/mol. The van der Waals surface area contributed by atoms with Crippen LogP contribution in [0.2, 0.25) is 0 Å². The monoisotopic (exact) mass is 650 g/mol. The van der Waals surface area contributed by atoms with E-state index in [2.05, 4.69) is 4.99 Å². The zero-order valence-electron chi connectivity index (χ0n) is 21.5. The molecule has 11 heteroatoms. The molecule has 3 aromatic rings. The molecule has 1 aliphatic heterocycles. The van der Waals surface area contributed by atoms with Crippen molar-refractivity contribution >= 4 is 46.0 Å². The first kappa shape index (κ1) is 27.7. The fraction of sp³-hybridized carbons (Fsp3) is 0.296. The molecule has 1 atom stereocenters. The summed E-state index contributed by atoms with van der Waals surface area (Å²) in [5, 5.41) is 10.3. The van der Waals surface area contributed by atoms with Crippen LogP contribution in [0.15, 0.2) is 51.4 Å². The predicted octanol–water partition coefficient (Wildman–Crippen LogP) is 3.52. The second-order valence-electron chi connectivity index (χ2n) is 8.19. The van der Waals surface area contributed by atoms with Gasteiger partial charge in [0, 0.05) is 5.56 Å². The second kappa shape index (κ2) is 11.6. The molecular formula is C27H27IN2O7S. The molecule has 1 N–H and O–H groups in total. The number of rotatable bonds is 8. The molecule has 200 valence electrons. The lowest BCUT2D eigenvalue weighted by atomic mass is 9.94. The molecule has 9 nitrogen and oxygen atoms in total. The van der Waals surface area contributed by atoms with Gasteiger partial charge in [-0.1, -0.05) is 11.3 Å². The first-order chi connectivity index (χ1) is 18.2. The van der Waals surface area contributed by atoms with Crippen LogP contribution in [0, 0.1) is 3.57 Å². The summed E-state index contributed by atoms with van der Waals surface area (Å²) in [5.74, 6) is 0.843. The fourth-order valence-corrected chi connectivity index (χ4v) is 5.90. The van der Waals surface area contributed by atoms with Crippen LogP contribution in [0.25, 0.3) is 6.08 Å². The Bertz CT molecular complexity index is 1610. The molecule has 0 bridgehead atoms. The van der Waals surface area contributed by atoms with Gasteiger partial charge in [0.15, 0.2) is 16.3 Å². The summed E-state index contributed by atoms with van der Waals surface area (Å²) >= 11 is 3.22. The molecule has 0 spiro atoms. The van der Waals surface area contributed by atoms with E-state index in [1.165, 1.54) is 23.0 Å². The van der Waals surface area contributed by atoms with Crippen molar-refractivity contribution in [3.63, 3.8) is 0 Å². The van der Waals surface area contributed by atoms with E-state index in [0.29, 0.717) is 53.6 Å². The molecule has 0 saturated carbocycles. The van der Waals surface area contributed by atoms with Crippen LogP contribution in [-0.4, -0.2) is 43.1 Å². The second-order valence-corrected chi connectivity index (χ2v) is 10.4. The number of aromatic hydroxyl groups is 1. The lowest BCUT2D eigenvalue weighted by molar-refractivity contribution is -0.139.